The number of methoxy groups -OCH3 is 3. The van der Waals surface area contributed by atoms with E-state index in [1.165, 1.54) is 19.2 Å². The molecule has 49 heavy (non-hydrogen) atoms. The Bertz CT molecular complexity index is 1970. The average molecular weight is 667 g/mol. The van der Waals surface area contributed by atoms with Gasteiger partial charge in [0.2, 0.25) is 5.91 Å². The second kappa shape index (κ2) is 14.6. The lowest BCUT2D eigenvalue weighted by Crippen LogP contribution is -2.36. The highest BCUT2D eigenvalue weighted by atomic mass is 19.1. The number of hydrogen-bond donors (Lipinski definition) is 2. The van der Waals surface area contributed by atoms with Crippen molar-refractivity contribution in [2.24, 2.45) is 0 Å². The van der Waals surface area contributed by atoms with E-state index >= 15 is 0 Å². The third-order valence-electron chi connectivity index (χ3n) is 9.00. The number of rotatable bonds is 11. The number of piperidine rings is 1. The van der Waals surface area contributed by atoms with Crippen LogP contribution in [0.15, 0.2) is 73.2 Å². The summed E-state index contributed by atoms with van der Waals surface area (Å²) in [6.45, 7) is 3.70. The molecule has 0 radical (unpaired) electrons. The molecule has 3 aromatic carbocycles. The van der Waals surface area contributed by atoms with Gasteiger partial charge in [-0.1, -0.05) is 12.1 Å². The fourth-order valence-corrected chi connectivity index (χ4v) is 6.31. The van der Waals surface area contributed by atoms with E-state index in [0.29, 0.717) is 42.7 Å². The summed E-state index contributed by atoms with van der Waals surface area (Å²) in [5.74, 6) is 1.73. The number of likely N-dealkylation sites (tertiary alicyclic amines) is 1. The first-order chi connectivity index (χ1) is 23.8. The Morgan fingerprint density at radius 3 is 2.35 bits per heavy atom. The van der Waals surface area contributed by atoms with Crippen LogP contribution in [0.3, 0.4) is 0 Å². The number of nitrogens with zero attached hydrogens (tertiary/aromatic N) is 4. The molecule has 1 aliphatic rings. The van der Waals surface area contributed by atoms with Crippen molar-refractivity contribution in [3.05, 3.63) is 101 Å². The minimum atomic E-state index is -0.515. The van der Waals surface area contributed by atoms with E-state index in [2.05, 4.69) is 26.4 Å². The number of aromatic nitrogens is 3. The first kappa shape index (κ1) is 33.3. The minimum absolute atomic E-state index is 0.0926. The Morgan fingerprint density at radius 1 is 0.898 bits per heavy atom. The lowest BCUT2D eigenvalue weighted by Gasteiger charge is -2.31. The van der Waals surface area contributed by atoms with Crippen molar-refractivity contribution >= 4 is 28.7 Å². The molecule has 5 aromatic rings. The molecule has 1 aliphatic heterocycles. The topological polar surface area (TPSA) is 120 Å². The number of ether oxygens (including phenoxy) is 3. The number of nitrogens with one attached hydrogen (secondary N) is 2. The summed E-state index contributed by atoms with van der Waals surface area (Å²) >= 11 is 0. The van der Waals surface area contributed by atoms with Gasteiger partial charge in [-0.25, -0.2) is 14.4 Å². The van der Waals surface area contributed by atoms with Gasteiger partial charge in [0.15, 0.2) is 5.82 Å². The van der Waals surface area contributed by atoms with Crippen molar-refractivity contribution in [3.63, 3.8) is 0 Å². The number of carbonyl (C=O) groups is 2. The zero-order valence-electron chi connectivity index (χ0n) is 28.0. The first-order valence-electron chi connectivity index (χ1n) is 16.1. The maximum absolute atomic E-state index is 13.8. The molecular weight excluding hydrogens is 627 g/mol. The van der Waals surface area contributed by atoms with Crippen LogP contribution in [-0.4, -0.2) is 65.7 Å². The summed E-state index contributed by atoms with van der Waals surface area (Å²) in [5, 5.41) is 6.36. The molecule has 0 aliphatic carbocycles. The number of amides is 2. The van der Waals surface area contributed by atoms with Crippen molar-refractivity contribution in [2.45, 2.75) is 38.8 Å². The van der Waals surface area contributed by atoms with Gasteiger partial charge in [-0.05, 0) is 72.4 Å². The van der Waals surface area contributed by atoms with Crippen molar-refractivity contribution in [2.75, 3.05) is 39.7 Å². The summed E-state index contributed by atoms with van der Waals surface area (Å²) < 4.78 is 32.1. The Balaban J connectivity index is 1.30. The number of halogens is 1. The van der Waals surface area contributed by atoms with E-state index in [0.717, 1.165) is 52.3 Å². The number of hydrogen-bond acceptors (Lipinski definition) is 8. The Morgan fingerprint density at radius 2 is 1.65 bits per heavy atom. The minimum Gasteiger partial charge on any atom is -0.497 e. The van der Waals surface area contributed by atoms with Crippen LogP contribution >= 0.6 is 0 Å². The van der Waals surface area contributed by atoms with Crippen LogP contribution in [0.1, 0.15) is 52.7 Å². The van der Waals surface area contributed by atoms with E-state index in [-0.39, 0.29) is 23.9 Å². The molecule has 0 spiro atoms. The van der Waals surface area contributed by atoms with Crippen LogP contribution in [0.4, 0.5) is 10.2 Å². The van der Waals surface area contributed by atoms with Gasteiger partial charge < -0.3 is 34.3 Å². The molecule has 11 nitrogen and oxygen atoms in total. The molecule has 2 amide bonds. The number of carbonyl (C=O) groups excluding carboxylic acids is 2. The molecular formula is C37H39FN6O5. The zero-order chi connectivity index (χ0) is 34.5. The first-order valence-corrected chi connectivity index (χ1v) is 16.1. The number of fused-ring (bicyclic) bond motifs is 1. The second-order valence-electron chi connectivity index (χ2n) is 11.9. The fraction of sp³-hybridized carbons (Fsp3) is 0.297. The van der Waals surface area contributed by atoms with Crippen LogP contribution in [0, 0.1) is 5.82 Å². The summed E-state index contributed by atoms with van der Waals surface area (Å²) in [6, 6.07) is 17.4. The quantitative estimate of drug-likeness (QED) is 0.180. The molecule has 6 rings (SSSR count). The zero-order valence-corrected chi connectivity index (χ0v) is 28.0. The molecule has 254 valence electrons. The van der Waals surface area contributed by atoms with E-state index in [4.69, 9.17) is 19.2 Å². The van der Waals surface area contributed by atoms with Gasteiger partial charge in [0.1, 0.15) is 34.9 Å². The normalized spacial score (nSPS) is 13.3. The predicted molar refractivity (Wildman–Crippen MR) is 184 cm³/mol. The van der Waals surface area contributed by atoms with Crippen LogP contribution in [0.2, 0.25) is 0 Å². The lowest BCUT2D eigenvalue weighted by molar-refractivity contribution is -0.129. The molecule has 2 N–H and O–H groups in total. The molecule has 0 atom stereocenters. The highest BCUT2D eigenvalue weighted by molar-refractivity contribution is 5.97. The highest BCUT2D eigenvalue weighted by Crippen LogP contribution is 2.37. The molecule has 0 saturated carbocycles. The maximum atomic E-state index is 13.8. The van der Waals surface area contributed by atoms with Gasteiger partial charge in [0.25, 0.3) is 5.91 Å². The van der Waals surface area contributed by atoms with Crippen molar-refractivity contribution in [3.8, 4) is 22.9 Å². The molecule has 1 fully saturated rings. The largest absolute Gasteiger partial charge is 0.497 e. The monoisotopic (exact) mass is 666 g/mol. The third kappa shape index (κ3) is 7.13. The van der Waals surface area contributed by atoms with Gasteiger partial charge in [-0.2, -0.15) is 0 Å². The van der Waals surface area contributed by atoms with E-state index in [1.807, 2.05) is 47.4 Å². The van der Waals surface area contributed by atoms with Gasteiger partial charge in [0, 0.05) is 56.6 Å². The Labute approximate surface area is 284 Å². The molecule has 1 saturated heterocycles. The van der Waals surface area contributed by atoms with E-state index in [1.54, 1.807) is 27.5 Å². The van der Waals surface area contributed by atoms with Crippen LogP contribution in [-0.2, 0) is 17.9 Å². The SMILES string of the molecule is COc1ccc(CNc2ncnc3c(C4CCN(C(C)=O)CC4)cn(-c4ccc(CNC(=O)c5cc(F)ccc5OC)cc4)c23)c(OC)c1. The van der Waals surface area contributed by atoms with Crippen LogP contribution in [0.5, 0.6) is 17.2 Å². The van der Waals surface area contributed by atoms with Gasteiger partial charge in [-0.15, -0.1) is 0 Å². The molecule has 3 heterocycles. The summed E-state index contributed by atoms with van der Waals surface area (Å²) in [7, 11) is 4.69. The van der Waals surface area contributed by atoms with Crippen LogP contribution in [0.25, 0.3) is 16.7 Å². The summed E-state index contributed by atoms with van der Waals surface area (Å²) in [6.07, 6.45) is 5.37. The summed E-state index contributed by atoms with van der Waals surface area (Å²) in [4.78, 5) is 36.2. The van der Waals surface area contributed by atoms with Gasteiger partial charge >= 0.3 is 0 Å². The van der Waals surface area contributed by atoms with Gasteiger partial charge in [0.05, 0.1) is 32.4 Å². The highest BCUT2D eigenvalue weighted by Gasteiger charge is 2.27. The fourth-order valence-electron chi connectivity index (χ4n) is 6.31. The van der Waals surface area contributed by atoms with Crippen LogP contribution < -0.4 is 24.8 Å². The van der Waals surface area contributed by atoms with Crippen molar-refractivity contribution in [1.82, 2.24) is 24.8 Å². The summed E-state index contributed by atoms with van der Waals surface area (Å²) in [5.41, 5.74) is 5.60. The number of anilines is 1. The second-order valence-corrected chi connectivity index (χ2v) is 11.9. The molecule has 2 aromatic heterocycles. The van der Waals surface area contributed by atoms with Gasteiger partial charge in [-0.3, -0.25) is 9.59 Å². The maximum Gasteiger partial charge on any atom is 0.255 e. The molecule has 0 unspecified atom stereocenters. The standard InChI is InChI=1S/C37H39FN6O5/c1-23(45)43-15-13-25(14-16-43)31-21-44(28-9-5-24(6-10-28)19-40-37(46)30-17-27(38)8-12-32(30)48-3)35-34(31)41-22-42-36(35)39-20-26-7-11-29(47-2)18-33(26)49-4/h5-12,17-18,21-22,25H,13-16,19-20H2,1-4H3,(H,40,46)(H,39,41,42). The molecule has 12 heteroatoms. The Hall–Kier alpha value is -5.65. The third-order valence-corrected chi connectivity index (χ3v) is 9.00. The molecule has 0 bridgehead atoms. The van der Waals surface area contributed by atoms with E-state index < -0.39 is 11.7 Å². The van der Waals surface area contributed by atoms with Crippen molar-refractivity contribution in [1.29, 1.82) is 0 Å². The predicted octanol–water partition coefficient (Wildman–Crippen LogP) is 5.85. The lowest BCUT2D eigenvalue weighted by atomic mass is 9.90. The Kier molecular flexibility index (Phi) is 9.93. The number of benzene rings is 3. The van der Waals surface area contributed by atoms with E-state index in [9.17, 15) is 14.0 Å². The average Bonchev–Trinajstić information content (AvgIpc) is 3.53. The smallest absolute Gasteiger partial charge is 0.255 e. The van der Waals surface area contributed by atoms with Crippen molar-refractivity contribution < 1.29 is 28.2 Å².